The number of hydrogen-bond acceptors (Lipinski definition) is 8. The molecule has 2 aromatic carbocycles. The molecule has 0 unspecified atom stereocenters. The second-order valence-electron chi connectivity index (χ2n) is 7.52. The molecule has 1 aliphatic heterocycles. The fourth-order valence-corrected chi connectivity index (χ4v) is 5.40. The van der Waals surface area contributed by atoms with Crippen molar-refractivity contribution in [3.05, 3.63) is 58.9 Å². The number of aromatic carboxylic acids is 2. The summed E-state index contributed by atoms with van der Waals surface area (Å²) in [5.74, 6) is -3.66. The van der Waals surface area contributed by atoms with Crippen molar-refractivity contribution in [2.24, 2.45) is 0 Å². The quantitative estimate of drug-likeness (QED) is 0.115. The van der Waals surface area contributed by atoms with Crippen molar-refractivity contribution in [3.8, 4) is 22.5 Å². The topological polar surface area (TPSA) is 248 Å². The molecule has 2 aromatic rings. The van der Waals surface area contributed by atoms with Crippen LogP contribution < -0.4 is 16.5 Å². The number of carbonyl (C=O) groups is 2. The third-order valence-corrected chi connectivity index (χ3v) is 7.18. The molecule has 0 atom stereocenters. The van der Waals surface area contributed by atoms with Gasteiger partial charge in [0.25, 0.3) is 10.1 Å². The number of hydrogen-bond donors (Lipinski definition) is 6. The minimum atomic E-state index is -5.09. The Morgan fingerprint density at radius 2 is 1.44 bits per heavy atom. The summed E-state index contributed by atoms with van der Waals surface area (Å²) in [4.78, 5) is 21.6. The van der Waals surface area contributed by atoms with Crippen molar-refractivity contribution < 1.29 is 55.6 Å². The molecule has 0 saturated heterocycles. The first kappa shape index (κ1) is 24.8. The van der Waals surface area contributed by atoms with E-state index in [-0.39, 0.29) is 27.6 Å². The van der Waals surface area contributed by atoms with Crippen LogP contribution in [0, 0.1) is 0 Å². The number of nitrogens with two attached hydrogens (primary N) is 2. The standard InChI is InChI=1S/C21H14N2O11S2/c22-13-5-3-10-15(9-2-1-8(20(24)25)7-12(9)21(26)27)11-4-6-14(23)19(36(31,32)33)17(11)34-16(10)18(13)35(28,29)30/h1-7,22H,23H2,(H,24,25)(H,26,27)(H,28,29,30)(H,31,32,33)/p+1. The number of benzene rings is 3. The van der Waals surface area contributed by atoms with E-state index in [1.54, 1.807) is 0 Å². The van der Waals surface area contributed by atoms with Crippen molar-refractivity contribution in [1.29, 1.82) is 0 Å². The van der Waals surface area contributed by atoms with Crippen molar-refractivity contribution >= 4 is 48.8 Å². The summed E-state index contributed by atoms with van der Waals surface area (Å²) in [5, 5.41) is 24.2. The Morgan fingerprint density at radius 1 is 0.833 bits per heavy atom. The largest absolute Gasteiger partial charge is 0.478 e. The molecule has 0 spiro atoms. The Labute approximate surface area is 201 Å². The van der Waals surface area contributed by atoms with Crippen LogP contribution in [0.4, 0.5) is 5.69 Å². The molecule has 4 rings (SSSR count). The van der Waals surface area contributed by atoms with Gasteiger partial charge in [0.15, 0.2) is 16.2 Å². The highest BCUT2D eigenvalue weighted by molar-refractivity contribution is 7.86. The molecular formula is C21H15N2O11S2+. The molecule has 0 saturated carbocycles. The van der Waals surface area contributed by atoms with E-state index < -0.39 is 69.9 Å². The Kier molecular flexibility index (Phi) is 5.60. The van der Waals surface area contributed by atoms with Crippen LogP contribution in [0.15, 0.2) is 56.7 Å². The van der Waals surface area contributed by atoms with Crippen molar-refractivity contribution in [2.75, 3.05) is 5.73 Å². The lowest BCUT2D eigenvalue weighted by Crippen LogP contribution is -2.47. The minimum Gasteiger partial charge on any atom is -0.478 e. The SMILES string of the molecule is Nc1ccc2c(-c3ccc(C(=O)O)cc3C(=O)O)c3ccc(=[NH2+])c(S(=O)(=O)O)c-3oc2c1S(=O)(=O)O. The first-order valence-corrected chi connectivity index (χ1v) is 12.5. The zero-order valence-electron chi connectivity index (χ0n) is 17.7. The number of fused-ring (bicyclic) bond motifs is 2. The third-order valence-electron chi connectivity index (χ3n) is 5.31. The molecule has 36 heavy (non-hydrogen) atoms. The fraction of sp³-hybridized carbons (Fsp3) is 0. The van der Waals surface area contributed by atoms with Crippen LogP contribution in [0.5, 0.6) is 0 Å². The number of rotatable bonds is 5. The highest BCUT2D eigenvalue weighted by Gasteiger charge is 2.33. The maximum Gasteiger partial charge on any atom is 0.336 e. The van der Waals surface area contributed by atoms with E-state index in [0.717, 1.165) is 30.3 Å². The summed E-state index contributed by atoms with van der Waals surface area (Å²) in [7, 11) is -10.2. The first-order chi connectivity index (χ1) is 16.6. The normalized spacial score (nSPS) is 12.2. The molecule has 1 aliphatic carbocycles. The molecule has 0 aromatic heterocycles. The van der Waals surface area contributed by atoms with Gasteiger partial charge < -0.3 is 20.4 Å². The van der Waals surface area contributed by atoms with Gasteiger partial charge in [-0.1, -0.05) is 6.07 Å². The lowest BCUT2D eigenvalue weighted by molar-refractivity contribution is -0.176. The number of nitrogen functional groups attached to an aromatic ring is 1. The van der Waals surface area contributed by atoms with E-state index in [4.69, 9.17) is 15.6 Å². The molecule has 186 valence electrons. The van der Waals surface area contributed by atoms with E-state index in [9.17, 15) is 45.7 Å². The zero-order chi connectivity index (χ0) is 26.7. The summed E-state index contributed by atoms with van der Waals surface area (Å²) in [6, 6.07) is 7.69. The van der Waals surface area contributed by atoms with E-state index >= 15 is 0 Å². The Bertz CT molecular complexity index is 1870. The van der Waals surface area contributed by atoms with E-state index in [0.29, 0.717) is 0 Å². The maximum absolute atomic E-state index is 12.2. The van der Waals surface area contributed by atoms with E-state index in [1.807, 2.05) is 0 Å². The number of anilines is 1. The number of carboxylic acid groups (broad SMARTS) is 2. The molecule has 15 heteroatoms. The highest BCUT2D eigenvalue weighted by atomic mass is 32.2. The predicted octanol–water partition coefficient (Wildman–Crippen LogP) is 0.336. The highest BCUT2D eigenvalue weighted by Crippen LogP contribution is 2.45. The van der Waals surface area contributed by atoms with Gasteiger partial charge in [-0.25, -0.2) is 9.59 Å². The summed E-state index contributed by atoms with van der Waals surface area (Å²) < 4.78 is 73.8. The molecule has 2 aliphatic rings. The summed E-state index contributed by atoms with van der Waals surface area (Å²) >= 11 is 0. The lowest BCUT2D eigenvalue weighted by atomic mass is 9.89. The van der Waals surface area contributed by atoms with Crippen LogP contribution >= 0.6 is 0 Å². The van der Waals surface area contributed by atoms with Gasteiger partial charge >= 0.3 is 22.1 Å². The smallest absolute Gasteiger partial charge is 0.336 e. The molecule has 1 heterocycles. The van der Waals surface area contributed by atoms with Crippen molar-refractivity contribution in [3.63, 3.8) is 0 Å². The second-order valence-corrected chi connectivity index (χ2v) is 10.2. The van der Waals surface area contributed by atoms with Gasteiger partial charge in [0.2, 0.25) is 10.3 Å². The molecule has 0 amide bonds. The maximum atomic E-state index is 12.2. The van der Waals surface area contributed by atoms with Crippen LogP contribution in [0.3, 0.4) is 0 Å². The molecular weight excluding hydrogens is 520 g/mol. The Morgan fingerprint density at radius 3 is 2.00 bits per heavy atom. The van der Waals surface area contributed by atoms with Gasteiger partial charge in [-0.3, -0.25) is 14.5 Å². The molecule has 0 fully saturated rings. The lowest BCUT2D eigenvalue weighted by Gasteiger charge is -2.19. The van der Waals surface area contributed by atoms with E-state index in [2.05, 4.69) is 0 Å². The molecule has 13 nitrogen and oxygen atoms in total. The van der Waals surface area contributed by atoms with E-state index in [1.165, 1.54) is 12.1 Å². The van der Waals surface area contributed by atoms with Crippen LogP contribution in [-0.2, 0) is 20.2 Å². The minimum absolute atomic E-state index is 0.129. The Hall–Kier alpha value is -4.31. The average Bonchev–Trinajstić information content (AvgIpc) is 2.74. The average molecular weight is 535 g/mol. The van der Waals surface area contributed by atoms with Crippen molar-refractivity contribution in [2.45, 2.75) is 9.79 Å². The van der Waals surface area contributed by atoms with Gasteiger partial charge in [0.05, 0.1) is 16.8 Å². The van der Waals surface area contributed by atoms with Gasteiger partial charge in [-0.2, -0.15) is 16.8 Å². The summed E-state index contributed by atoms with van der Waals surface area (Å²) in [5.41, 5.74) is 3.22. The van der Waals surface area contributed by atoms with Crippen LogP contribution in [0.25, 0.3) is 33.4 Å². The van der Waals surface area contributed by atoms with Crippen LogP contribution in [-0.4, -0.2) is 48.1 Å². The van der Waals surface area contributed by atoms with Gasteiger partial charge in [-0.15, -0.1) is 0 Å². The van der Waals surface area contributed by atoms with Crippen LogP contribution in [0.1, 0.15) is 20.7 Å². The van der Waals surface area contributed by atoms with Crippen molar-refractivity contribution in [1.82, 2.24) is 0 Å². The van der Waals surface area contributed by atoms with Gasteiger partial charge in [-0.05, 0) is 35.9 Å². The number of carboxylic acids is 2. The van der Waals surface area contributed by atoms with Crippen LogP contribution in [0.2, 0.25) is 0 Å². The summed E-state index contributed by atoms with van der Waals surface area (Å²) in [6.07, 6.45) is 0. The van der Waals surface area contributed by atoms with Gasteiger partial charge in [0.1, 0.15) is 0 Å². The first-order valence-electron chi connectivity index (χ1n) is 9.59. The molecule has 0 bridgehead atoms. The van der Waals surface area contributed by atoms with Gasteiger partial charge in [0, 0.05) is 22.6 Å². The molecule has 0 radical (unpaired) electrons. The summed E-state index contributed by atoms with van der Waals surface area (Å²) in [6.45, 7) is 0. The molecule has 8 N–H and O–H groups in total. The Balaban J connectivity index is 2.37. The fourth-order valence-electron chi connectivity index (χ4n) is 3.89. The second kappa shape index (κ2) is 8.13. The third kappa shape index (κ3) is 3.95. The zero-order valence-corrected chi connectivity index (χ0v) is 19.3. The monoisotopic (exact) mass is 535 g/mol. The predicted molar refractivity (Wildman–Crippen MR) is 121 cm³/mol.